The van der Waals surface area contributed by atoms with E-state index in [2.05, 4.69) is 0 Å². The van der Waals surface area contributed by atoms with Crippen molar-refractivity contribution in [3.8, 4) is 0 Å². The maximum atomic E-state index is 12.4. The number of thioether (sulfide) groups is 2. The molecule has 0 aromatic heterocycles. The maximum absolute atomic E-state index is 12.4. The van der Waals surface area contributed by atoms with Gasteiger partial charge in [0.15, 0.2) is 5.12 Å². The summed E-state index contributed by atoms with van der Waals surface area (Å²) in [6.07, 6.45) is 3.92. The number of rotatable bonds is 5. The summed E-state index contributed by atoms with van der Waals surface area (Å²) in [6, 6.07) is 9.46. The van der Waals surface area contributed by atoms with E-state index in [9.17, 15) is 19.1 Å². The van der Waals surface area contributed by atoms with Gasteiger partial charge in [0.1, 0.15) is 6.29 Å². The maximum Gasteiger partial charge on any atom is 0.344 e. The fraction of sp³-hybridized carbons (Fsp3) is 0.438. The Kier molecular flexibility index (Phi) is 5.78. The van der Waals surface area contributed by atoms with Crippen LogP contribution >= 0.6 is 31.1 Å². The molecular formula is C16H20NO4PS2. The molecule has 1 atom stereocenters. The molecule has 3 rings (SSSR count). The summed E-state index contributed by atoms with van der Waals surface area (Å²) in [5.74, 6) is 0. The number of hydrogen-bond donors (Lipinski definition) is 2. The minimum absolute atomic E-state index is 0.0225. The van der Waals surface area contributed by atoms with Gasteiger partial charge in [-0.15, -0.1) is 11.8 Å². The number of benzene rings is 1. The second kappa shape index (κ2) is 7.67. The largest absolute Gasteiger partial charge is 0.350 e. The highest BCUT2D eigenvalue weighted by Crippen LogP contribution is 2.50. The molecular weight excluding hydrogens is 365 g/mol. The van der Waals surface area contributed by atoms with Gasteiger partial charge in [-0.1, -0.05) is 30.0 Å². The molecule has 24 heavy (non-hydrogen) atoms. The molecule has 2 aliphatic rings. The van der Waals surface area contributed by atoms with Crippen molar-refractivity contribution in [3.63, 3.8) is 0 Å². The zero-order valence-electron chi connectivity index (χ0n) is 13.1. The molecule has 1 aliphatic heterocycles. The first-order valence-electron chi connectivity index (χ1n) is 7.88. The van der Waals surface area contributed by atoms with Crippen LogP contribution in [0, 0.1) is 0 Å². The zero-order valence-corrected chi connectivity index (χ0v) is 15.7. The highest BCUT2D eigenvalue weighted by Gasteiger charge is 2.37. The van der Waals surface area contributed by atoms with Crippen molar-refractivity contribution in [3.05, 3.63) is 40.9 Å². The molecule has 5 nitrogen and oxygen atoms in total. The minimum Gasteiger partial charge on any atom is -0.350 e. The van der Waals surface area contributed by atoms with Crippen LogP contribution in [0.15, 0.2) is 45.8 Å². The van der Waals surface area contributed by atoms with Gasteiger partial charge in [-0.25, -0.2) is 0 Å². The van der Waals surface area contributed by atoms with Crippen molar-refractivity contribution in [1.82, 2.24) is 4.90 Å². The van der Waals surface area contributed by atoms with Crippen LogP contribution in [0.2, 0.25) is 0 Å². The topological polar surface area (TPSA) is 77.8 Å². The Morgan fingerprint density at radius 3 is 2.67 bits per heavy atom. The number of hydrogen-bond acceptors (Lipinski definition) is 5. The van der Waals surface area contributed by atoms with E-state index in [1.807, 2.05) is 30.3 Å². The van der Waals surface area contributed by atoms with E-state index >= 15 is 0 Å². The van der Waals surface area contributed by atoms with Crippen molar-refractivity contribution in [2.45, 2.75) is 42.4 Å². The smallest absolute Gasteiger partial charge is 0.344 e. The van der Waals surface area contributed by atoms with Crippen molar-refractivity contribution in [2.75, 3.05) is 6.29 Å². The first-order chi connectivity index (χ1) is 11.4. The summed E-state index contributed by atoms with van der Waals surface area (Å²) in [4.78, 5) is 35.1. The molecule has 0 bridgehead atoms. The molecule has 130 valence electrons. The van der Waals surface area contributed by atoms with Crippen molar-refractivity contribution in [2.24, 2.45) is 0 Å². The predicted octanol–water partition coefficient (Wildman–Crippen LogP) is 3.99. The first kappa shape index (κ1) is 18.1. The predicted molar refractivity (Wildman–Crippen MR) is 97.5 cm³/mol. The normalized spacial score (nSPS) is 21.1. The molecule has 0 amide bonds. The molecule has 2 N–H and O–H groups in total. The van der Waals surface area contributed by atoms with Gasteiger partial charge in [-0.2, -0.15) is 0 Å². The van der Waals surface area contributed by atoms with Crippen molar-refractivity contribution < 1.29 is 19.1 Å². The lowest BCUT2D eigenvalue weighted by molar-refractivity contribution is -0.111. The van der Waals surface area contributed by atoms with Gasteiger partial charge >= 0.3 is 7.60 Å². The van der Waals surface area contributed by atoms with Gasteiger partial charge in [0, 0.05) is 21.9 Å². The second-order valence-corrected chi connectivity index (χ2v) is 9.93. The summed E-state index contributed by atoms with van der Waals surface area (Å²) in [5, 5.41) is -0.182. The fourth-order valence-electron chi connectivity index (χ4n) is 3.03. The lowest BCUT2D eigenvalue weighted by atomic mass is 10.0. The third kappa shape index (κ3) is 4.67. The van der Waals surface area contributed by atoms with Crippen LogP contribution in [0.4, 0.5) is 0 Å². The van der Waals surface area contributed by atoms with Gasteiger partial charge in [-0.05, 0) is 37.8 Å². The van der Waals surface area contributed by atoms with E-state index in [0.29, 0.717) is 0 Å². The van der Waals surface area contributed by atoms with Gasteiger partial charge in [0.2, 0.25) is 0 Å². The monoisotopic (exact) mass is 385 g/mol. The lowest BCUT2D eigenvalue weighted by Crippen LogP contribution is -2.31. The lowest BCUT2D eigenvalue weighted by Gasteiger charge is -2.29. The van der Waals surface area contributed by atoms with E-state index in [4.69, 9.17) is 0 Å². The minimum atomic E-state index is -4.17. The third-order valence-corrected chi connectivity index (χ3v) is 7.01. The van der Waals surface area contributed by atoms with E-state index in [-0.39, 0.29) is 23.2 Å². The SMILES string of the molecule is O=C(CC1SC2=C(CCCC2)N1CP(=O)(O)O)Sc1ccccc1. The molecule has 8 heteroatoms. The van der Waals surface area contributed by atoms with Gasteiger partial charge in [-0.3, -0.25) is 9.36 Å². The average molecular weight is 385 g/mol. The first-order valence-corrected chi connectivity index (χ1v) is 11.4. The van der Waals surface area contributed by atoms with E-state index in [0.717, 1.165) is 36.3 Å². The highest BCUT2D eigenvalue weighted by molar-refractivity contribution is 8.13. The molecule has 0 spiro atoms. The van der Waals surface area contributed by atoms with E-state index in [1.54, 1.807) is 16.7 Å². The Hall–Kier alpha value is -0.720. The van der Waals surface area contributed by atoms with E-state index in [1.165, 1.54) is 16.7 Å². The highest BCUT2D eigenvalue weighted by atomic mass is 32.2. The van der Waals surface area contributed by atoms with Gasteiger partial charge < -0.3 is 14.7 Å². The molecule has 1 aromatic rings. The molecule has 0 saturated heterocycles. The Balaban J connectivity index is 1.69. The Morgan fingerprint density at radius 2 is 1.96 bits per heavy atom. The summed E-state index contributed by atoms with van der Waals surface area (Å²) in [6.45, 7) is 0. The number of allylic oxidation sites excluding steroid dienone is 2. The fourth-order valence-corrected chi connectivity index (χ4v) is 6.31. The molecule has 1 unspecified atom stereocenters. The standard InChI is InChI=1S/C16H20NO4PS2/c18-16(23-12-6-2-1-3-7-12)10-15-17(11-22(19,20)21)13-8-4-5-9-14(13)24-15/h1-3,6-7,15H,4-5,8-11H2,(H2,19,20,21). The Morgan fingerprint density at radius 1 is 1.25 bits per heavy atom. The van der Waals surface area contributed by atoms with Crippen LogP contribution in [0.25, 0.3) is 0 Å². The van der Waals surface area contributed by atoms with Crippen LogP contribution in [-0.2, 0) is 9.36 Å². The van der Waals surface area contributed by atoms with Crippen LogP contribution in [0.1, 0.15) is 32.1 Å². The quantitative estimate of drug-likeness (QED) is 0.586. The van der Waals surface area contributed by atoms with E-state index < -0.39 is 7.60 Å². The van der Waals surface area contributed by atoms with Crippen LogP contribution in [0.5, 0.6) is 0 Å². The average Bonchev–Trinajstić information content (AvgIpc) is 2.84. The number of carbonyl (C=O) groups excluding carboxylic acids is 1. The summed E-state index contributed by atoms with van der Waals surface area (Å²) < 4.78 is 11.5. The summed E-state index contributed by atoms with van der Waals surface area (Å²) in [5.41, 5.74) is 1.04. The molecule has 1 aliphatic carbocycles. The van der Waals surface area contributed by atoms with Crippen molar-refractivity contribution >= 4 is 36.2 Å². The molecule has 0 radical (unpaired) electrons. The molecule has 0 saturated carbocycles. The summed E-state index contributed by atoms with van der Waals surface area (Å²) in [7, 11) is -4.17. The molecule has 1 heterocycles. The number of nitrogens with zero attached hydrogens (tertiary/aromatic N) is 1. The van der Waals surface area contributed by atoms with Crippen LogP contribution < -0.4 is 0 Å². The third-order valence-electron chi connectivity index (χ3n) is 4.01. The van der Waals surface area contributed by atoms with Crippen LogP contribution in [0.3, 0.4) is 0 Å². The molecule has 0 fully saturated rings. The number of carbonyl (C=O) groups is 1. The van der Waals surface area contributed by atoms with Crippen LogP contribution in [-0.4, -0.2) is 31.5 Å². The Labute approximate surface area is 150 Å². The van der Waals surface area contributed by atoms with Gasteiger partial charge in [0.05, 0.1) is 5.37 Å². The Bertz CT molecular complexity index is 689. The van der Waals surface area contributed by atoms with Crippen molar-refractivity contribution in [1.29, 1.82) is 0 Å². The second-order valence-electron chi connectivity index (χ2n) is 5.92. The van der Waals surface area contributed by atoms with Gasteiger partial charge in [0.25, 0.3) is 0 Å². The zero-order chi connectivity index (χ0) is 17.2. The molecule has 1 aromatic carbocycles. The summed E-state index contributed by atoms with van der Waals surface area (Å²) >= 11 is 2.80.